The number of nitrogens with zero attached hydrogens (tertiary/aromatic N) is 1. The van der Waals surface area contributed by atoms with Crippen molar-refractivity contribution in [1.29, 1.82) is 0 Å². The Labute approximate surface area is 80.5 Å². The normalized spacial score (nSPS) is 10.7. The summed E-state index contributed by atoms with van der Waals surface area (Å²) in [6.45, 7) is 0. The Bertz CT molecular complexity index is 382. The molecule has 0 amide bonds. The van der Waals surface area contributed by atoms with E-state index in [1.165, 1.54) is 0 Å². The number of carbonyl (C=O) groups is 1. The van der Waals surface area contributed by atoms with Gasteiger partial charge in [-0.25, -0.2) is 8.78 Å². The lowest BCUT2D eigenvalue weighted by Crippen LogP contribution is -2.06. The molecule has 0 saturated carbocycles. The van der Waals surface area contributed by atoms with Crippen LogP contribution in [-0.2, 0) is 0 Å². The number of alkyl halides is 2. The van der Waals surface area contributed by atoms with Crippen LogP contribution in [0.5, 0.6) is 0 Å². The molecule has 0 aliphatic carbocycles. The number of hydrogen-bond acceptors (Lipinski definition) is 2. The first-order valence-corrected chi connectivity index (χ1v) is 3.65. The van der Waals surface area contributed by atoms with Gasteiger partial charge in [0.25, 0.3) is 11.7 Å². The third-order valence-corrected chi connectivity index (χ3v) is 1.60. The van der Waals surface area contributed by atoms with Crippen molar-refractivity contribution >= 4 is 16.8 Å². The van der Waals surface area contributed by atoms with Crippen LogP contribution in [-0.4, -0.2) is 10.2 Å². The molecule has 76 valence electrons. The summed E-state index contributed by atoms with van der Waals surface area (Å²) in [4.78, 5) is 13.1. The van der Waals surface area contributed by atoms with E-state index in [2.05, 4.69) is 4.98 Å². The summed E-state index contributed by atoms with van der Waals surface area (Å²) in [5.74, 6) is -3.07. The van der Waals surface area contributed by atoms with Crippen molar-refractivity contribution in [3.63, 3.8) is 0 Å². The van der Waals surface area contributed by atoms with Crippen LogP contribution in [0.3, 0.4) is 0 Å². The van der Waals surface area contributed by atoms with Crippen LogP contribution in [0.1, 0.15) is 22.3 Å². The first kappa shape index (κ1) is 10.9. The van der Waals surface area contributed by atoms with E-state index in [4.69, 9.17) is 11.6 Å². The predicted octanol–water partition coefficient (Wildman–Crippen LogP) is 2.68. The highest BCUT2D eigenvalue weighted by Gasteiger charge is 2.23. The molecule has 14 heavy (non-hydrogen) atoms. The number of aromatic nitrogens is 1. The molecule has 0 spiro atoms. The number of halogens is 5. The molecule has 0 saturated heterocycles. The highest BCUT2D eigenvalue weighted by atomic mass is 35.5. The Hall–Kier alpha value is -1.17. The molecule has 1 aromatic rings. The zero-order valence-corrected chi connectivity index (χ0v) is 7.16. The Morgan fingerprint density at radius 1 is 1.43 bits per heavy atom. The van der Waals surface area contributed by atoms with Gasteiger partial charge < -0.3 is 0 Å². The van der Waals surface area contributed by atoms with E-state index in [9.17, 15) is 22.4 Å². The summed E-state index contributed by atoms with van der Waals surface area (Å²) >= 11 is 4.84. The zero-order chi connectivity index (χ0) is 10.9. The molecule has 0 aliphatic heterocycles. The Morgan fingerprint density at radius 2 is 2.00 bits per heavy atom. The summed E-state index contributed by atoms with van der Waals surface area (Å²) in [6.07, 6.45) is -3.19. The number of rotatable bonds is 2. The first-order chi connectivity index (χ1) is 6.43. The molecular formula is C7H2ClF4NO. The van der Waals surface area contributed by atoms with Crippen LogP contribution in [0.25, 0.3) is 0 Å². The van der Waals surface area contributed by atoms with E-state index in [1.807, 2.05) is 0 Å². The van der Waals surface area contributed by atoms with Gasteiger partial charge in [0, 0.05) is 11.6 Å². The van der Waals surface area contributed by atoms with Crippen LogP contribution in [0, 0.1) is 11.9 Å². The summed E-state index contributed by atoms with van der Waals surface area (Å²) in [6, 6.07) is 0.267. The minimum atomic E-state index is -3.19. The van der Waals surface area contributed by atoms with Gasteiger partial charge in [-0.2, -0.15) is 13.8 Å². The van der Waals surface area contributed by atoms with Crippen molar-refractivity contribution < 1.29 is 22.4 Å². The molecule has 0 atom stereocenters. The third-order valence-electron chi connectivity index (χ3n) is 1.41. The quantitative estimate of drug-likeness (QED) is 0.442. The van der Waals surface area contributed by atoms with E-state index >= 15 is 0 Å². The molecule has 0 aromatic carbocycles. The van der Waals surface area contributed by atoms with Gasteiger partial charge in [-0.3, -0.25) is 4.79 Å². The number of carbonyl (C=O) groups excluding carboxylic acids is 1. The fourth-order valence-corrected chi connectivity index (χ4v) is 1.06. The van der Waals surface area contributed by atoms with Gasteiger partial charge in [0.05, 0.1) is 5.56 Å². The summed E-state index contributed by atoms with van der Waals surface area (Å²) in [5.41, 5.74) is -2.20. The van der Waals surface area contributed by atoms with E-state index in [1.54, 1.807) is 0 Å². The van der Waals surface area contributed by atoms with Gasteiger partial charge in [-0.05, 0) is 11.6 Å². The molecule has 7 heteroatoms. The molecular weight excluding hydrogens is 226 g/mol. The Morgan fingerprint density at radius 3 is 2.43 bits per heavy atom. The smallest absolute Gasteiger partial charge is 0.264 e. The molecule has 0 bridgehead atoms. The third kappa shape index (κ3) is 2.01. The maximum atomic E-state index is 12.7. The second-order valence-corrected chi connectivity index (χ2v) is 2.62. The van der Waals surface area contributed by atoms with Crippen molar-refractivity contribution in [2.24, 2.45) is 0 Å². The average molecular weight is 228 g/mol. The molecule has 1 heterocycles. The van der Waals surface area contributed by atoms with Crippen molar-refractivity contribution in [3.8, 4) is 0 Å². The van der Waals surface area contributed by atoms with Crippen molar-refractivity contribution in [2.45, 2.75) is 6.43 Å². The molecule has 1 rings (SSSR count). The predicted molar refractivity (Wildman–Crippen MR) is 39.3 cm³/mol. The van der Waals surface area contributed by atoms with E-state index in [0.29, 0.717) is 0 Å². The van der Waals surface area contributed by atoms with Crippen LogP contribution >= 0.6 is 11.6 Å². The fourth-order valence-electron chi connectivity index (χ4n) is 0.868. The lowest BCUT2D eigenvalue weighted by atomic mass is 10.1. The van der Waals surface area contributed by atoms with E-state index in [-0.39, 0.29) is 6.07 Å². The minimum Gasteiger partial charge on any atom is -0.275 e. The van der Waals surface area contributed by atoms with Gasteiger partial charge in [0.1, 0.15) is 0 Å². The van der Waals surface area contributed by atoms with Gasteiger partial charge in [0.15, 0.2) is 0 Å². The largest absolute Gasteiger partial charge is 0.275 e. The SMILES string of the molecule is O=C(Cl)c1c(C(F)F)cc(F)nc1F. The fraction of sp³-hybridized carbons (Fsp3) is 0.143. The van der Waals surface area contributed by atoms with E-state index in [0.717, 1.165) is 0 Å². The Balaban J connectivity index is 3.44. The van der Waals surface area contributed by atoms with Crippen LogP contribution < -0.4 is 0 Å². The molecule has 1 aromatic heterocycles. The number of hydrogen-bond donors (Lipinski definition) is 0. The minimum absolute atomic E-state index is 0.267. The molecule has 0 aliphatic rings. The van der Waals surface area contributed by atoms with Gasteiger partial charge in [0.2, 0.25) is 11.9 Å². The molecule has 0 N–H and O–H groups in total. The first-order valence-electron chi connectivity index (χ1n) is 3.27. The lowest BCUT2D eigenvalue weighted by Gasteiger charge is -2.04. The van der Waals surface area contributed by atoms with Crippen LogP contribution in [0.2, 0.25) is 0 Å². The topological polar surface area (TPSA) is 30.0 Å². The van der Waals surface area contributed by atoms with Crippen molar-refractivity contribution in [3.05, 3.63) is 29.1 Å². The standard InChI is InChI=1S/C7H2ClF4NO/c8-5(14)4-2(6(10)11)1-3(9)13-7(4)12/h1,6H. The lowest BCUT2D eigenvalue weighted by molar-refractivity contribution is 0.105. The highest BCUT2D eigenvalue weighted by molar-refractivity contribution is 6.67. The number of pyridine rings is 1. The Kier molecular flexibility index (Phi) is 3.05. The van der Waals surface area contributed by atoms with Gasteiger partial charge in [-0.1, -0.05) is 0 Å². The molecule has 0 unspecified atom stereocenters. The summed E-state index contributed by atoms with van der Waals surface area (Å²) in [5, 5.41) is -1.44. The summed E-state index contributed by atoms with van der Waals surface area (Å²) in [7, 11) is 0. The van der Waals surface area contributed by atoms with Gasteiger partial charge >= 0.3 is 0 Å². The maximum absolute atomic E-state index is 12.7. The zero-order valence-electron chi connectivity index (χ0n) is 6.40. The van der Waals surface area contributed by atoms with Crippen molar-refractivity contribution in [1.82, 2.24) is 4.98 Å². The molecule has 0 fully saturated rings. The molecule has 2 nitrogen and oxygen atoms in total. The highest BCUT2D eigenvalue weighted by Crippen LogP contribution is 2.25. The van der Waals surface area contributed by atoms with Crippen LogP contribution in [0.4, 0.5) is 17.6 Å². The summed E-state index contributed by atoms with van der Waals surface area (Å²) < 4.78 is 49.5. The van der Waals surface area contributed by atoms with Crippen LogP contribution in [0.15, 0.2) is 6.07 Å². The maximum Gasteiger partial charge on any atom is 0.264 e. The second-order valence-electron chi connectivity index (χ2n) is 2.27. The van der Waals surface area contributed by atoms with Gasteiger partial charge in [-0.15, -0.1) is 0 Å². The monoisotopic (exact) mass is 227 g/mol. The van der Waals surface area contributed by atoms with Crippen molar-refractivity contribution in [2.75, 3.05) is 0 Å². The molecule has 0 radical (unpaired) electrons. The van der Waals surface area contributed by atoms with E-state index < -0.39 is 34.7 Å². The average Bonchev–Trinajstić information content (AvgIpc) is 2.01. The second kappa shape index (κ2) is 3.91.